The van der Waals surface area contributed by atoms with E-state index in [0.717, 1.165) is 0 Å². The van der Waals surface area contributed by atoms with Crippen molar-refractivity contribution in [3.05, 3.63) is 35.9 Å². The molecule has 0 amide bonds. The topological polar surface area (TPSA) is 52.5 Å². The summed E-state index contributed by atoms with van der Waals surface area (Å²) in [5.74, 6) is 0.423. The molecule has 0 spiro atoms. The predicted octanol–water partition coefficient (Wildman–Crippen LogP) is 1.72. The van der Waals surface area contributed by atoms with Gasteiger partial charge in [0.2, 0.25) is 0 Å². The molecule has 0 aliphatic heterocycles. The molecule has 3 N–H and O–H groups in total. The third-order valence-corrected chi connectivity index (χ3v) is 2.87. The highest BCUT2D eigenvalue weighted by Gasteiger charge is 2.22. The molecule has 0 aliphatic carbocycles. The van der Waals surface area contributed by atoms with Gasteiger partial charge in [0.25, 0.3) is 0 Å². The van der Waals surface area contributed by atoms with Crippen LogP contribution in [0.5, 0.6) is 0 Å². The van der Waals surface area contributed by atoms with Crippen LogP contribution >= 0.6 is 0 Å². The van der Waals surface area contributed by atoms with Crippen LogP contribution in [0.4, 0.5) is 0 Å². The van der Waals surface area contributed by atoms with E-state index in [1.165, 1.54) is 5.56 Å². The summed E-state index contributed by atoms with van der Waals surface area (Å²) in [7, 11) is 0. The predicted molar refractivity (Wildman–Crippen MR) is 69.7 cm³/mol. The van der Waals surface area contributed by atoms with Gasteiger partial charge < -0.3 is 15.5 Å². The van der Waals surface area contributed by atoms with E-state index in [0.29, 0.717) is 12.5 Å². The molecule has 1 rings (SSSR count). The van der Waals surface area contributed by atoms with Crippen molar-refractivity contribution in [2.75, 3.05) is 13.2 Å². The lowest BCUT2D eigenvalue weighted by Gasteiger charge is -2.28. The highest BCUT2D eigenvalue weighted by Crippen LogP contribution is 2.21. The zero-order chi connectivity index (χ0) is 12.9. The van der Waals surface area contributed by atoms with Crippen molar-refractivity contribution in [2.24, 2.45) is 5.92 Å². The van der Waals surface area contributed by atoms with Gasteiger partial charge in [0.1, 0.15) is 0 Å². The van der Waals surface area contributed by atoms with Gasteiger partial charge in [0, 0.05) is 12.6 Å². The minimum atomic E-state index is -1.07. The summed E-state index contributed by atoms with van der Waals surface area (Å²) in [6.07, 6.45) is 0. The minimum absolute atomic E-state index is 0.189. The first kappa shape index (κ1) is 14.2. The van der Waals surface area contributed by atoms with Crippen molar-refractivity contribution in [1.29, 1.82) is 0 Å². The van der Waals surface area contributed by atoms with Crippen molar-refractivity contribution in [1.82, 2.24) is 5.32 Å². The SMILES string of the molecule is CC(C)C(NCC(C)(O)CO)c1ccccc1. The van der Waals surface area contributed by atoms with Crippen LogP contribution in [0.2, 0.25) is 0 Å². The molecule has 3 nitrogen and oxygen atoms in total. The summed E-state index contributed by atoms with van der Waals surface area (Å²) >= 11 is 0. The molecule has 2 unspecified atom stereocenters. The van der Waals surface area contributed by atoms with Gasteiger partial charge in [0.05, 0.1) is 12.2 Å². The fourth-order valence-electron chi connectivity index (χ4n) is 1.78. The maximum Gasteiger partial charge on any atom is 0.0973 e. The molecule has 1 aromatic rings. The highest BCUT2D eigenvalue weighted by atomic mass is 16.3. The largest absolute Gasteiger partial charge is 0.393 e. The maximum absolute atomic E-state index is 9.79. The Morgan fingerprint density at radius 3 is 2.29 bits per heavy atom. The summed E-state index contributed by atoms with van der Waals surface area (Å²) in [5, 5.41) is 22.1. The summed E-state index contributed by atoms with van der Waals surface area (Å²) < 4.78 is 0. The zero-order valence-electron chi connectivity index (χ0n) is 10.9. The van der Waals surface area contributed by atoms with E-state index in [9.17, 15) is 5.11 Å². The average Bonchev–Trinajstić information content (AvgIpc) is 2.30. The molecular weight excluding hydrogens is 214 g/mol. The summed E-state index contributed by atoms with van der Waals surface area (Å²) in [4.78, 5) is 0. The van der Waals surface area contributed by atoms with Crippen LogP contribution in [0.1, 0.15) is 32.4 Å². The Morgan fingerprint density at radius 1 is 1.24 bits per heavy atom. The van der Waals surface area contributed by atoms with Gasteiger partial charge in [-0.25, -0.2) is 0 Å². The van der Waals surface area contributed by atoms with Crippen molar-refractivity contribution in [3.8, 4) is 0 Å². The molecule has 3 heteroatoms. The molecule has 0 bridgehead atoms. The second kappa shape index (κ2) is 6.15. The monoisotopic (exact) mass is 237 g/mol. The molecule has 0 saturated heterocycles. The third-order valence-electron chi connectivity index (χ3n) is 2.87. The summed E-state index contributed by atoms with van der Waals surface area (Å²) in [5.41, 5.74) is 0.137. The van der Waals surface area contributed by atoms with Gasteiger partial charge in [-0.3, -0.25) is 0 Å². The number of benzene rings is 1. The Labute approximate surface area is 103 Å². The molecular formula is C14H23NO2. The molecule has 1 aromatic carbocycles. The van der Waals surface area contributed by atoms with Crippen LogP contribution in [0.3, 0.4) is 0 Å². The summed E-state index contributed by atoms with van der Waals surface area (Å²) in [6.45, 7) is 6.04. The molecule has 0 fully saturated rings. The van der Waals surface area contributed by atoms with Crippen molar-refractivity contribution >= 4 is 0 Å². The first-order valence-electron chi connectivity index (χ1n) is 6.08. The van der Waals surface area contributed by atoms with E-state index in [4.69, 9.17) is 5.11 Å². The van der Waals surface area contributed by atoms with Crippen LogP contribution < -0.4 is 5.32 Å². The van der Waals surface area contributed by atoms with Crippen LogP contribution in [0.15, 0.2) is 30.3 Å². The standard InChI is InChI=1S/C14H23NO2/c1-11(2)13(12-7-5-4-6-8-12)15-9-14(3,17)10-16/h4-8,11,13,15-17H,9-10H2,1-3H3. The number of hydrogen-bond acceptors (Lipinski definition) is 3. The average molecular weight is 237 g/mol. The minimum Gasteiger partial charge on any atom is -0.393 e. The van der Waals surface area contributed by atoms with E-state index in [-0.39, 0.29) is 12.6 Å². The first-order valence-corrected chi connectivity index (χ1v) is 6.08. The molecule has 0 saturated carbocycles. The van der Waals surface area contributed by atoms with Gasteiger partial charge in [-0.2, -0.15) is 0 Å². The lowest BCUT2D eigenvalue weighted by molar-refractivity contribution is -0.000399. The van der Waals surface area contributed by atoms with E-state index in [2.05, 4.69) is 31.3 Å². The van der Waals surface area contributed by atoms with Gasteiger partial charge in [-0.05, 0) is 18.4 Å². The lowest BCUT2D eigenvalue weighted by Crippen LogP contribution is -2.43. The van der Waals surface area contributed by atoms with Gasteiger partial charge in [-0.15, -0.1) is 0 Å². The van der Waals surface area contributed by atoms with Gasteiger partial charge in [0.15, 0.2) is 0 Å². The van der Waals surface area contributed by atoms with Crippen molar-refractivity contribution in [3.63, 3.8) is 0 Å². The highest BCUT2D eigenvalue weighted by molar-refractivity contribution is 5.19. The molecule has 2 atom stereocenters. The van der Waals surface area contributed by atoms with E-state index in [1.807, 2.05) is 18.2 Å². The first-order chi connectivity index (χ1) is 7.96. The summed E-state index contributed by atoms with van der Waals surface area (Å²) in [6, 6.07) is 10.4. The Hall–Kier alpha value is -0.900. The maximum atomic E-state index is 9.79. The molecule has 0 heterocycles. The normalized spacial score (nSPS) is 16.8. The van der Waals surface area contributed by atoms with E-state index >= 15 is 0 Å². The third kappa shape index (κ3) is 4.46. The Bertz CT molecular complexity index is 322. The van der Waals surface area contributed by atoms with Crippen LogP contribution in [-0.4, -0.2) is 29.0 Å². The fraction of sp³-hybridized carbons (Fsp3) is 0.571. The second-order valence-corrected chi connectivity index (χ2v) is 5.17. The van der Waals surface area contributed by atoms with Crippen LogP contribution in [-0.2, 0) is 0 Å². The van der Waals surface area contributed by atoms with Gasteiger partial charge >= 0.3 is 0 Å². The Balaban J connectivity index is 2.69. The lowest BCUT2D eigenvalue weighted by atomic mass is 9.95. The van der Waals surface area contributed by atoms with E-state index in [1.54, 1.807) is 6.92 Å². The zero-order valence-corrected chi connectivity index (χ0v) is 10.9. The fourth-order valence-corrected chi connectivity index (χ4v) is 1.78. The number of nitrogens with one attached hydrogen (secondary N) is 1. The smallest absolute Gasteiger partial charge is 0.0973 e. The van der Waals surface area contributed by atoms with E-state index < -0.39 is 5.60 Å². The van der Waals surface area contributed by atoms with Crippen molar-refractivity contribution in [2.45, 2.75) is 32.4 Å². The quantitative estimate of drug-likeness (QED) is 0.706. The number of aliphatic hydroxyl groups excluding tert-OH is 1. The van der Waals surface area contributed by atoms with Gasteiger partial charge in [-0.1, -0.05) is 44.2 Å². The number of hydrogen-bond donors (Lipinski definition) is 3. The molecule has 96 valence electrons. The second-order valence-electron chi connectivity index (χ2n) is 5.17. The van der Waals surface area contributed by atoms with Crippen LogP contribution in [0, 0.1) is 5.92 Å². The van der Waals surface area contributed by atoms with Crippen LogP contribution in [0.25, 0.3) is 0 Å². The molecule has 0 aromatic heterocycles. The molecule has 0 aliphatic rings. The Morgan fingerprint density at radius 2 is 1.82 bits per heavy atom. The molecule has 17 heavy (non-hydrogen) atoms. The molecule has 0 radical (unpaired) electrons. The Kier molecular flexibility index (Phi) is 5.12. The van der Waals surface area contributed by atoms with Crippen molar-refractivity contribution < 1.29 is 10.2 Å². The number of rotatable bonds is 6. The number of aliphatic hydroxyl groups is 2.